The third-order valence-corrected chi connectivity index (χ3v) is 11.8. The molecule has 4 radical (unpaired) electrons. The highest BCUT2D eigenvalue weighted by atomic mass is 16.3. The number of fused-ring (bicyclic) bond motifs is 10. The van der Waals surface area contributed by atoms with E-state index in [1.54, 1.807) is 0 Å². The fourth-order valence-corrected chi connectivity index (χ4v) is 9.13. The van der Waals surface area contributed by atoms with E-state index in [1.807, 2.05) is 12.1 Å². The second-order valence-corrected chi connectivity index (χ2v) is 14.8. The number of nitrogens with zero attached hydrogens (tertiary/aromatic N) is 2. The Kier molecular flexibility index (Phi) is 7.20. The van der Waals surface area contributed by atoms with E-state index in [1.165, 1.54) is 27.4 Å². The number of aromatic hydroxyl groups is 3. The van der Waals surface area contributed by atoms with E-state index in [4.69, 9.17) is 15.7 Å². The van der Waals surface area contributed by atoms with E-state index in [2.05, 4.69) is 148 Å². The first-order valence-electron chi connectivity index (χ1n) is 18.9. The van der Waals surface area contributed by atoms with Crippen LogP contribution >= 0.6 is 0 Å². The molecule has 0 spiro atoms. The number of benzene rings is 6. The van der Waals surface area contributed by atoms with Crippen molar-refractivity contribution in [1.82, 2.24) is 9.13 Å². The van der Waals surface area contributed by atoms with Crippen molar-refractivity contribution in [2.24, 2.45) is 0 Å². The summed E-state index contributed by atoms with van der Waals surface area (Å²) in [7, 11) is 12.0. The molecule has 0 amide bonds. The van der Waals surface area contributed by atoms with Gasteiger partial charge in [-0.3, -0.25) is 0 Å². The van der Waals surface area contributed by atoms with Gasteiger partial charge in [-0.2, -0.15) is 0 Å². The molecule has 0 saturated carbocycles. The molecule has 266 valence electrons. The van der Waals surface area contributed by atoms with Gasteiger partial charge >= 0.3 is 0 Å². The molecule has 2 aromatic heterocycles. The first-order chi connectivity index (χ1) is 27.9. The number of hydrogen-bond donors (Lipinski definition) is 4. The van der Waals surface area contributed by atoms with Gasteiger partial charge in [-0.15, -0.1) is 0 Å². The molecule has 3 aliphatic rings. The summed E-state index contributed by atoms with van der Waals surface area (Å²) in [4.78, 5) is 0. The quantitative estimate of drug-likeness (QED) is 0.0618. The van der Waals surface area contributed by atoms with E-state index in [0.717, 1.165) is 62.2 Å². The van der Waals surface area contributed by atoms with Gasteiger partial charge in [0.15, 0.2) is 11.5 Å². The van der Waals surface area contributed by atoms with Gasteiger partial charge in [0.1, 0.15) is 27.1 Å². The molecular weight excluding hydrogens is 700 g/mol. The molecular formula is C49H31B2N3O3. The van der Waals surface area contributed by atoms with Gasteiger partial charge in [0, 0.05) is 62.3 Å². The molecule has 6 nitrogen and oxygen atoms in total. The van der Waals surface area contributed by atoms with Gasteiger partial charge in [-0.1, -0.05) is 102 Å². The number of nitrogens with one attached hydrogen (secondary N) is 1. The number of rotatable bonds is 5. The van der Waals surface area contributed by atoms with E-state index >= 15 is 0 Å². The predicted octanol–water partition coefficient (Wildman–Crippen LogP) is 8.72. The Bertz CT molecular complexity index is 3200. The van der Waals surface area contributed by atoms with Crippen LogP contribution in [0, 0.1) is 11.8 Å². The highest BCUT2D eigenvalue weighted by Crippen LogP contribution is 2.50. The van der Waals surface area contributed by atoms with Gasteiger partial charge in [-0.25, -0.2) is 0 Å². The van der Waals surface area contributed by atoms with Gasteiger partial charge < -0.3 is 29.8 Å². The van der Waals surface area contributed by atoms with Gasteiger partial charge in [0.2, 0.25) is 0 Å². The van der Waals surface area contributed by atoms with Crippen molar-refractivity contribution in [3.05, 3.63) is 155 Å². The van der Waals surface area contributed by atoms with E-state index < -0.39 is 17.2 Å². The zero-order chi connectivity index (χ0) is 38.5. The molecule has 0 fully saturated rings. The maximum absolute atomic E-state index is 11.1. The third-order valence-electron chi connectivity index (χ3n) is 11.8. The molecule has 1 unspecified atom stereocenters. The van der Waals surface area contributed by atoms with Crippen LogP contribution in [-0.4, -0.2) is 40.1 Å². The summed E-state index contributed by atoms with van der Waals surface area (Å²) >= 11 is 0. The molecule has 57 heavy (non-hydrogen) atoms. The van der Waals surface area contributed by atoms with E-state index in [9.17, 15) is 15.3 Å². The first-order valence-corrected chi connectivity index (χ1v) is 18.9. The lowest BCUT2D eigenvalue weighted by Gasteiger charge is -2.32. The molecule has 1 atom stereocenters. The Balaban J connectivity index is 1.10. The minimum Gasteiger partial charge on any atom is -0.506 e. The molecule has 8 aromatic rings. The molecule has 3 heterocycles. The first kappa shape index (κ1) is 33.1. The number of phenols is 3. The molecule has 0 saturated heterocycles. The minimum atomic E-state index is -0.608. The number of para-hydroxylation sites is 3. The van der Waals surface area contributed by atoms with Crippen molar-refractivity contribution >= 4 is 87.9 Å². The highest BCUT2D eigenvalue weighted by Gasteiger charge is 2.34. The SMILES string of the molecule is [B]c1c([B])c(O)c(Nc2ccc3c(c2C2=CC=C(c4ccc5c(c4)c4ccccc4n5-c4ccccc4)CC#C2)C2C=Cc4c(n-3c3ccccc43)C2)c(O)c1O. The van der Waals surface area contributed by atoms with E-state index in [-0.39, 0.29) is 22.5 Å². The Morgan fingerprint density at radius 1 is 0.684 bits per heavy atom. The molecule has 2 aliphatic carbocycles. The number of phenolic OH excluding ortho intramolecular Hbond substituents is 3. The number of anilines is 2. The Hall–Kier alpha value is -7.23. The molecule has 1 aliphatic heterocycles. The van der Waals surface area contributed by atoms with E-state index in [0.29, 0.717) is 12.1 Å². The summed E-state index contributed by atoms with van der Waals surface area (Å²) in [5, 5.41) is 39.6. The van der Waals surface area contributed by atoms with Gasteiger partial charge in [-0.05, 0) is 77.7 Å². The minimum absolute atomic E-state index is 0.0342. The van der Waals surface area contributed by atoms with Crippen molar-refractivity contribution < 1.29 is 15.3 Å². The summed E-state index contributed by atoms with van der Waals surface area (Å²) < 4.78 is 4.66. The van der Waals surface area contributed by atoms with Gasteiger partial charge in [0.25, 0.3) is 0 Å². The standard InChI is InChI=1S/C49H31B2N3O3/c50-44-45(51)48(56)49(57)46(47(44)55)52-36-22-24-40-43(30-19-21-34-32-13-4-7-16-38(32)54(40)41(34)26-30)42(36)28-10-8-9-27(17-18-28)29-20-23-39-35(25-29)33-14-5-6-15-37(33)53(39)31-11-2-1-3-12-31/h1-7,11-25,30,52,55-57H,9,26H2. The van der Waals surface area contributed by atoms with Crippen LogP contribution in [0.2, 0.25) is 0 Å². The molecule has 6 aromatic carbocycles. The van der Waals surface area contributed by atoms with Crippen LogP contribution in [0.1, 0.15) is 40.3 Å². The molecule has 4 N–H and O–H groups in total. The number of hydrogen-bond acceptors (Lipinski definition) is 4. The lowest BCUT2D eigenvalue weighted by Crippen LogP contribution is -2.27. The fraction of sp³-hybridized carbons (Fsp3) is 0.0612. The maximum atomic E-state index is 11.1. The predicted molar refractivity (Wildman–Crippen MR) is 233 cm³/mol. The zero-order valence-corrected chi connectivity index (χ0v) is 30.6. The Morgan fingerprint density at radius 2 is 1.40 bits per heavy atom. The van der Waals surface area contributed by atoms with Crippen LogP contribution in [0.15, 0.2) is 127 Å². The zero-order valence-electron chi connectivity index (χ0n) is 30.6. The molecule has 8 heteroatoms. The summed E-state index contributed by atoms with van der Waals surface area (Å²) in [6.07, 6.45) is 10.0. The van der Waals surface area contributed by atoms with Crippen LogP contribution in [0.5, 0.6) is 17.2 Å². The Morgan fingerprint density at radius 3 is 2.23 bits per heavy atom. The van der Waals surface area contributed by atoms with Gasteiger partial charge in [0.05, 0.1) is 22.2 Å². The lowest BCUT2D eigenvalue weighted by atomic mass is 9.78. The smallest absolute Gasteiger partial charge is 0.184 e. The monoisotopic (exact) mass is 731 g/mol. The van der Waals surface area contributed by atoms with Crippen LogP contribution < -0.4 is 16.2 Å². The lowest BCUT2D eigenvalue weighted by molar-refractivity contribution is 0.403. The van der Waals surface area contributed by atoms with Crippen molar-refractivity contribution in [3.63, 3.8) is 0 Å². The largest absolute Gasteiger partial charge is 0.506 e. The van der Waals surface area contributed by atoms with Crippen LogP contribution in [-0.2, 0) is 6.42 Å². The maximum Gasteiger partial charge on any atom is 0.184 e. The number of aromatic nitrogens is 2. The van der Waals surface area contributed by atoms with Crippen molar-refractivity contribution in [2.45, 2.75) is 18.8 Å². The second kappa shape index (κ2) is 12.4. The average molecular weight is 731 g/mol. The number of allylic oxidation sites excluding steroid dienone is 5. The van der Waals surface area contributed by atoms with Crippen LogP contribution in [0.4, 0.5) is 11.4 Å². The Labute approximate surface area is 331 Å². The summed E-state index contributed by atoms with van der Waals surface area (Å²) in [5.41, 5.74) is 12.8. The summed E-state index contributed by atoms with van der Waals surface area (Å²) in [6, 6.07) is 38.1. The van der Waals surface area contributed by atoms with Crippen LogP contribution in [0.25, 0.3) is 61.3 Å². The highest BCUT2D eigenvalue weighted by molar-refractivity contribution is 6.51. The third kappa shape index (κ3) is 4.82. The van der Waals surface area contributed by atoms with Crippen LogP contribution in [0.3, 0.4) is 0 Å². The van der Waals surface area contributed by atoms with Crippen molar-refractivity contribution in [3.8, 4) is 40.5 Å². The molecule has 2 bridgehead atoms. The summed E-state index contributed by atoms with van der Waals surface area (Å²) in [5.74, 6) is 5.35. The molecule has 11 rings (SSSR count). The summed E-state index contributed by atoms with van der Waals surface area (Å²) in [6.45, 7) is 0. The fourth-order valence-electron chi connectivity index (χ4n) is 9.13. The van der Waals surface area contributed by atoms with Crippen molar-refractivity contribution in [2.75, 3.05) is 5.32 Å². The second-order valence-electron chi connectivity index (χ2n) is 14.8. The normalized spacial score (nSPS) is 15.2. The van der Waals surface area contributed by atoms with Crippen molar-refractivity contribution in [1.29, 1.82) is 0 Å². The average Bonchev–Trinajstić information content (AvgIpc) is 3.66. The topological polar surface area (TPSA) is 82.6 Å².